The van der Waals surface area contributed by atoms with E-state index in [0.717, 1.165) is 22.4 Å². The summed E-state index contributed by atoms with van der Waals surface area (Å²) in [5.41, 5.74) is 8.52. The number of carbonyl (C=O) groups excluding carboxylic acids is 1. The summed E-state index contributed by atoms with van der Waals surface area (Å²) in [6.45, 7) is 1.89. The van der Waals surface area contributed by atoms with Crippen molar-refractivity contribution in [3.05, 3.63) is 129 Å². The Morgan fingerprint density at radius 3 is 2.24 bits per heavy atom. The van der Waals surface area contributed by atoms with Crippen molar-refractivity contribution < 1.29 is 4.79 Å². The summed E-state index contributed by atoms with van der Waals surface area (Å²) in [7, 11) is 0. The molecular formula is C27H21Cl2N3O. The first kappa shape index (κ1) is 22.7. The van der Waals surface area contributed by atoms with E-state index >= 15 is 0 Å². The zero-order valence-electron chi connectivity index (χ0n) is 17.9. The molecule has 1 aromatic heterocycles. The Morgan fingerprint density at radius 2 is 1.61 bits per heavy atom. The summed E-state index contributed by atoms with van der Waals surface area (Å²) in [5.74, 6) is -0.0587. The summed E-state index contributed by atoms with van der Waals surface area (Å²) in [6.07, 6.45) is 3.88. The average molecular weight is 474 g/mol. The molecule has 4 aromatic rings. The van der Waals surface area contributed by atoms with Crippen LogP contribution in [0, 0.1) is 6.92 Å². The zero-order valence-corrected chi connectivity index (χ0v) is 19.4. The van der Waals surface area contributed by atoms with Gasteiger partial charge in [-0.1, -0.05) is 77.8 Å². The van der Waals surface area contributed by atoms with Gasteiger partial charge in [-0.25, -0.2) is 0 Å². The van der Waals surface area contributed by atoms with Crippen LogP contribution in [0.4, 0.5) is 5.69 Å². The number of nitrogens with zero attached hydrogens (tertiary/aromatic N) is 2. The van der Waals surface area contributed by atoms with Gasteiger partial charge < -0.3 is 0 Å². The highest BCUT2D eigenvalue weighted by Crippen LogP contribution is 2.31. The summed E-state index contributed by atoms with van der Waals surface area (Å²) >= 11 is 13.0. The van der Waals surface area contributed by atoms with Crippen molar-refractivity contribution in [2.45, 2.75) is 13.3 Å². The van der Waals surface area contributed by atoms with Crippen LogP contribution in [-0.2, 0) is 6.42 Å². The molecular weight excluding hydrogens is 453 g/mol. The molecule has 0 saturated heterocycles. The first-order valence-electron chi connectivity index (χ1n) is 10.4. The van der Waals surface area contributed by atoms with Gasteiger partial charge in [0.15, 0.2) is 5.78 Å². The monoisotopic (exact) mass is 473 g/mol. The van der Waals surface area contributed by atoms with Gasteiger partial charge in [-0.15, -0.1) is 0 Å². The third-order valence-electron chi connectivity index (χ3n) is 5.12. The van der Waals surface area contributed by atoms with Crippen molar-refractivity contribution in [1.29, 1.82) is 0 Å². The Bertz CT molecular complexity index is 1260. The molecule has 3 aromatic carbocycles. The number of aryl methyl sites for hydroxylation is 1. The van der Waals surface area contributed by atoms with E-state index in [1.54, 1.807) is 30.6 Å². The van der Waals surface area contributed by atoms with E-state index in [1.807, 2.05) is 67.6 Å². The lowest BCUT2D eigenvalue weighted by Gasteiger charge is -2.11. The third-order valence-corrected chi connectivity index (χ3v) is 5.79. The molecule has 0 fully saturated rings. The molecule has 0 spiro atoms. The van der Waals surface area contributed by atoms with Crippen molar-refractivity contribution in [2.75, 3.05) is 5.43 Å². The van der Waals surface area contributed by atoms with E-state index < -0.39 is 0 Å². The third kappa shape index (κ3) is 5.86. The van der Waals surface area contributed by atoms with Crippen LogP contribution in [0.15, 0.2) is 90.2 Å². The maximum absolute atomic E-state index is 12.6. The highest BCUT2D eigenvalue weighted by atomic mass is 35.5. The molecule has 0 aliphatic rings. The molecule has 0 radical (unpaired) electrons. The first-order chi connectivity index (χ1) is 16.0. The number of hydrazone groups is 1. The van der Waals surface area contributed by atoms with Crippen LogP contribution < -0.4 is 5.43 Å². The quantitative estimate of drug-likeness (QED) is 0.179. The lowest BCUT2D eigenvalue weighted by Crippen LogP contribution is -2.02. The highest BCUT2D eigenvalue weighted by molar-refractivity contribution is 6.36. The summed E-state index contributed by atoms with van der Waals surface area (Å²) in [5, 5.41) is 5.33. The zero-order chi connectivity index (χ0) is 23.2. The predicted octanol–water partition coefficient (Wildman–Crippen LogP) is 6.96. The van der Waals surface area contributed by atoms with E-state index in [0.29, 0.717) is 33.3 Å². The Kier molecular flexibility index (Phi) is 7.18. The van der Waals surface area contributed by atoms with Crippen LogP contribution in [0.25, 0.3) is 0 Å². The Hall–Kier alpha value is -3.47. The first-order valence-corrected chi connectivity index (χ1v) is 11.1. The topological polar surface area (TPSA) is 54.4 Å². The summed E-state index contributed by atoms with van der Waals surface area (Å²) < 4.78 is 0. The number of rotatable bonds is 7. The van der Waals surface area contributed by atoms with Gasteiger partial charge in [-0.05, 0) is 47.9 Å². The Labute approximate surface area is 202 Å². The second-order valence-electron chi connectivity index (χ2n) is 7.59. The molecule has 1 N–H and O–H groups in total. The minimum absolute atomic E-state index is 0.0587. The van der Waals surface area contributed by atoms with Crippen LogP contribution in [0.5, 0.6) is 0 Å². The molecule has 33 heavy (non-hydrogen) atoms. The van der Waals surface area contributed by atoms with E-state index in [2.05, 4.69) is 15.5 Å². The van der Waals surface area contributed by atoms with Crippen molar-refractivity contribution in [3.8, 4) is 0 Å². The van der Waals surface area contributed by atoms with Gasteiger partial charge in [0.05, 0.1) is 11.9 Å². The molecule has 4 rings (SSSR count). The number of carbonyl (C=O) groups is 1. The summed E-state index contributed by atoms with van der Waals surface area (Å²) in [6, 6.07) is 24.5. The molecule has 0 saturated carbocycles. The van der Waals surface area contributed by atoms with Crippen LogP contribution in [0.2, 0.25) is 10.0 Å². The summed E-state index contributed by atoms with van der Waals surface area (Å²) in [4.78, 5) is 16.8. The normalized spacial score (nSPS) is 11.0. The predicted molar refractivity (Wildman–Crippen MR) is 136 cm³/mol. The number of nitrogens with one attached hydrogen (secondary N) is 1. The van der Waals surface area contributed by atoms with E-state index in [4.69, 9.17) is 23.2 Å². The SMILES string of the molecule is Cc1ccc(C(=O)c2ccc(Cc3c(Cl)cc(NN=Cc4ccccc4)cc3Cl)cc2)cn1. The molecule has 1 heterocycles. The van der Waals surface area contributed by atoms with Gasteiger partial charge in [-0.2, -0.15) is 5.10 Å². The molecule has 0 bridgehead atoms. The smallest absolute Gasteiger partial charge is 0.194 e. The molecule has 0 unspecified atom stereocenters. The maximum atomic E-state index is 12.6. The molecule has 0 atom stereocenters. The minimum atomic E-state index is -0.0587. The van der Waals surface area contributed by atoms with Crippen LogP contribution in [-0.4, -0.2) is 17.0 Å². The van der Waals surface area contributed by atoms with Crippen LogP contribution in [0.1, 0.15) is 38.3 Å². The highest BCUT2D eigenvalue weighted by Gasteiger charge is 2.12. The largest absolute Gasteiger partial charge is 0.289 e. The number of halogens is 2. The fourth-order valence-corrected chi connectivity index (χ4v) is 3.92. The number of hydrogen-bond acceptors (Lipinski definition) is 4. The average Bonchev–Trinajstić information content (AvgIpc) is 2.83. The van der Waals surface area contributed by atoms with Gasteiger partial charge >= 0.3 is 0 Å². The number of pyridine rings is 1. The van der Waals surface area contributed by atoms with Gasteiger partial charge in [0.1, 0.15) is 0 Å². The van der Waals surface area contributed by atoms with Crippen molar-refractivity contribution in [3.63, 3.8) is 0 Å². The number of anilines is 1. The maximum Gasteiger partial charge on any atom is 0.194 e. The van der Waals surface area contributed by atoms with E-state index in [-0.39, 0.29) is 5.78 Å². The standard InChI is InChI=1S/C27H21Cl2N3O/c1-18-7-10-22(17-30-18)27(33)21-11-8-19(9-12-21)13-24-25(28)14-23(15-26(24)29)32-31-16-20-5-3-2-4-6-20/h2-12,14-17,32H,13H2,1H3. The van der Waals surface area contributed by atoms with Gasteiger partial charge in [0, 0.05) is 39.5 Å². The van der Waals surface area contributed by atoms with Crippen LogP contribution >= 0.6 is 23.2 Å². The van der Waals surface area contributed by atoms with Crippen molar-refractivity contribution >= 4 is 40.9 Å². The van der Waals surface area contributed by atoms with Crippen molar-refractivity contribution in [2.24, 2.45) is 5.10 Å². The lowest BCUT2D eigenvalue weighted by atomic mass is 10.00. The number of ketones is 1. The minimum Gasteiger partial charge on any atom is -0.289 e. The number of aromatic nitrogens is 1. The Morgan fingerprint density at radius 1 is 0.939 bits per heavy atom. The lowest BCUT2D eigenvalue weighted by molar-refractivity contribution is 0.103. The Balaban J connectivity index is 1.44. The van der Waals surface area contributed by atoms with Crippen molar-refractivity contribution in [1.82, 2.24) is 4.98 Å². The van der Waals surface area contributed by atoms with Crippen LogP contribution in [0.3, 0.4) is 0 Å². The van der Waals surface area contributed by atoms with E-state index in [9.17, 15) is 4.79 Å². The molecule has 6 heteroatoms. The molecule has 4 nitrogen and oxygen atoms in total. The number of hydrogen-bond donors (Lipinski definition) is 1. The number of benzene rings is 3. The fraction of sp³-hybridized carbons (Fsp3) is 0.0741. The fourth-order valence-electron chi connectivity index (χ4n) is 3.30. The van der Waals surface area contributed by atoms with E-state index in [1.165, 1.54) is 0 Å². The molecule has 0 amide bonds. The molecule has 164 valence electrons. The van der Waals surface area contributed by atoms with Gasteiger partial charge in [0.2, 0.25) is 0 Å². The van der Waals surface area contributed by atoms with Gasteiger partial charge in [-0.3, -0.25) is 15.2 Å². The molecule has 0 aliphatic heterocycles. The van der Waals surface area contributed by atoms with Gasteiger partial charge in [0.25, 0.3) is 0 Å². The second kappa shape index (κ2) is 10.4. The molecule has 0 aliphatic carbocycles. The second-order valence-corrected chi connectivity index (χ2v) is 8.40.